The van der Waals surface area contributed by atoms with Gasteiger partial charge in [-0.2, -0.15) is 13.2 Å². The molecule has 3 aromatic rings. The topological polar surface area (TPSA) is 79.5 Å². The molecule has 36 heavy (non-hydrogen) atoms. The molecule has 3 N–H and O–H groups in total. The molecule has 0 atom stereocenters. The summed E-state index contributed by atoms with van der Waals surface area (Å²) in [6, 6.07) is 15.5. The quantitative estimate of drug-likeness (QED) is 0.274. The summed E-state index contributed by atoms with van der Waals surface area (Å²) in [5.74, 6) is -0.612. The fraction of sp³-hybridized carbons (Fsp3) is 0.160. The smallest absolute Gasteiger partial charge is 0.416 e. The van der Waals surface area contributed by atoms with Crippen LogP contribution in [0.15, 0.2) is 71.2 Å². The normalized spacial score (nSPS) is 10.9. The first-order chi connectivity index (χ1) is 17.1. The van der Waals surface area contributed by atoms with Crippen LogP contribution >= 0.6 is 28.1 Å². The van der Waals surface area contributed by atoms with E-state index in [1.54, 1.807) is 30.3 Å². The van der Waals surface area contributed by atoms with Gasteiger partial charge in [0.1, 0.15) is 5.75 Å². The minimum absolute atomic E-state index is 0.0238. The van der Waals surface area contributed by atoms with Crippen LogP contribution in [0.1, 0.15) is 39.6 Å². The number of ether oxygens (including phenoxy) is 1. The lowest BCUT2D eigenvalue weighted by Gasteiger charge is -2.13. The highest BCUT2D eigenvalue weighted by Gasteiger charge is 2.30. The Balaban J connectivity index is 1.61. The number of halogens is 4. The van der Waals surface area contributed by atoms with Gasteiger partial charge < -0.3 is 15.4 Å². The Morgan fingerprint density at radius 3 is 2.33 bits per heavy atom. The van der Waals surface area contributed by atoms with Gasteiger partial charge >= 0.3 is 6.18 Å². The van der Waals surface area contributed by atoms with E-state index in [0.29, 0.717) is 28.1 Å². The molecule has 3 rings (SSSR count). The van der Waals surface area contributed by atoms with Gasteiger partial charge in [0.2, 0.25) is 0 Å². The minimum atomic E-state index is -4.51. The van der Waals surface area contributed by atoms with Gasteiger partial charge in [-0.05, 0) is 79.3 Å². The molecule has 0 unspecified atom stereocenters. The highest BCUT2D eigenvalue weighted by atomic mass is 79.9. The second kappa shape index (κ2) is 12.0. The number of alkyl halides is 3. The van der Waals surface area contributed by atoms with E-state index in [9.17, 15) is 22.8 Å². The zero-order chi connectivity index (χ0) is 26.3. The Morgan fingerprint density at radius 1 is 0.944 bits per heavy atom. The SMILES string of the molecule is CCCOc1ccc(Br)cc1C(=O)NC(=S)Nc1ccc(C(=O)Nc2cccc(C(F)(F)F)c2)cc1. The predicted octanol–water partition coefficient (Wildman–Crippen LogP) is 6.64. The van der Waals surface area contributed by atoms with Gasteiger partial charge in [-0.3, -0.25) is 14.9 Å². The molecule has 0 bridgehead atoms. The molecular formula is C25H21BrF3N3O3S. The van der Waals surface area contributed by atoms with Gasteiger partial charge in [-0.15, -0.1) is 0 Å². The summed E-state index contributed by atoms with van der Waals surface area (Å²) < 4.78 is 45.0. The van der Waals surface area contributed by atoms with E-state index < -0.39 is 23.6 Å². The van der Waals surface area contributed by atoms with Crippen molar-refractivity contribution in [3.63, 3.8) is 0 Å². The molecule has 0 saturated heterocycles. The van der Waals surface area contributed by atoms with Crippen molar-refractivity contribution in [1.29, 1.82) is 0 Å². The van der Waals surface area contributed by atoms with Crippen LogP contribution in [0.25, 0.3) is 0 Å². The summed E-state index contributed by atoms with van der Waals surface area (Å²) in [5.41, 5.74) is 0.189. The molecule has 0 saturated carbocycles. The molecule has 11 heteroatoms. The fourth-order valence-electron chi connectivity index (χ4n) is 3.03. The Labute approximate surface area is 219 Å². The average Bonchev–Trinajstić information content (AvgIpc) is 2.83. The summed E-state index contributed by atoms with van der Waals surface area (Å²) in [6.07, 6.45) is -3.73. The second-order valence-electron chi connectivity index (χ2n) is 7.51. The zero-order valence-corrected chi connectivity index (χ0v) is 21.3. The molecule has 0 fully saturated rings. The van der Waals surface area contributed by atoms with Crippen molar-refractivity contribution in [1.82, 2.24) is 5.32 Å². The van der Waals surface area contributed by atoms with Gasteiger partial charge in [0.25, 0.3) is 11.8 Å². The molecule has 3 aromatic carbocycles. The lowest BCUT2D eigenvalue weighted by molar-refractivity contribution is -0.137. The highest BCUT2D eigenvalue weighted by Crippen LogP contribution is 2.30. The third-order valence-corrected chi connectivity index (χ3v) is 5.43. The molecule has 0 radical (unpaired) electrons. The Kier molecular flexibility index (Phi) is 9.05. The summed E-state index contributed by atoms with van der Waals surface area (Å²) in [5, 5.41) is 7.91. The van der Waals surface area contributed by atoms with Crippen LogP contribution in [0.4, 0.5) is 24.5 Å². The third kappa shape index (κ3) is 7.53. The van der Waals surface area contributed by atoms with Crippen LogP contribution in [-0.4, -0.2) is 23.5 Å². The van der Waals surface area contributed by atoms with Gasteiger partial charge in [0, 0.05) is 21.4 Å². The van der Waals surface area contributed by atoms with Crippen LogP contribution in [-0.2, 0) is 6.18 Å². The van der Waals surface area contributed by atoms with Gasteiger partial charge in [0.05, 0.1) is 17.7 Å². The van der Waals surface area contributed by atoms with Gasteiger partial charge in [-0.25, -0.2) is 0 Å². The first-order valence-electron chi connectivity index (χ1n) is 10.7. The number of anilines is 2. The predicted molar refractivity (Wildman–Crippen MR) is 139 cm³/mol. The first-order valence-corrected chi connectivity index (χ1v) is 11.9. The van der Waals surface area contributed by atoms with Crippen molar-refractivity contribution >= 4 is 56.4 Å². The van der Waals surface area contributed by atoms with E-state index in [1.807, 2.05) is 6.92 Å². The maximum Gasteiger partial charge on any atom is 0.416 e. The van der Waals surface area contributed by atoms with Crippen molar-refractivity contribution in [2.75, 3.05) is 17.2 Å². The Hall–Kier alpha value is -3.44. The van der Waals surface area contributed by atoms with Crippen LogP contribution in [0, 0.1) is 0 Å². The van der Waals surface area contributed by atoms with Crippen molar-refractivity contribution in [3.05, 3.63) is 87.9 Å². The minimum Gasteiger partial charge on any atom is -0.493 e. The molecule has 0 spiro atoms. The number of amides is 2. The van der Waals surface area contributed by atoms with E-state index >= 15 is 0 Å². The number of carbonyl (C=O) groups excluding carboxylic acids is 2. The molecule has 0 aliphatic rings. The van der Waals surface area contributed by atoms with Crippen molar-refractivity contribution < 1.29 is 27.5 Å². The summed E-state index contributed by atoms with van der Waals surface area (Å²) in [4.78, 5) is 25.2. The second-order valence-corrected chi connectivity index (χ2v) is 8.83. The van der Waals surface area contributed by atoms with Crippen LogP contribution in [0.3, 0.4) is 0 Å². The van der Waals surface area contributed by atoms with Crippen molar-refractivity contribution in [2.45, 2.75) is 19.5 Å². The molecular weight excluding hydrogens is 559 g/mol. The van der Waals surface area contributed by atoms with E-state index in [-0.39, 0.29) is 16.4 Å². The van der Waals surface area contributed by atoms with E-state index in [0.717, 1.165) is 18.6 Å². The van der Waals surface area contributed by atoms with Crippen LogP contribution in [0.2, 0.25) is 0 Å². The van der Waals surface area contributed by atoms with Crippen molar-refractivity contribution in [2.24, 2.45) is 0 Å². The molecule has 0 aliphatic heterocycles. The summed E-state index contributed by atoms with van der Waals surface area (Å²) in [7, 11) is 0. The fourth-order valence-corrected chi connectivity index (χ4v) is 3.60. The maximum atomic E-state index is 12.9. The maximum absolute atomic E-state index is 12.9. The Bertz CT molecular complexity index is 1270. The Morgan fingerprint density at radius 2 is 1.67 bits per heavy atom. The molecule has 0 aliphatic carbocycles. The molecule has 188 valence electrons. The lowest BCUT2D eigenvalue weighted by atomic mass is 10.1. The molecule has 2 amide bonds. The molecule has 6 nitrogen and oxygen atoms in total. The van der Waals surface area contributed by atoms with Crippen LogP contribution < -0.4 is 20.7 Å². The largest absolute Gasteiger partial charge is 0.493 e. The zero-order valence-electron chi connectivity index (χ0n) is 18.9. The number of carbonyl (C=O) groups is 2. The number of hydrogen-bond acceptors (Lipinski definition) is 4. The summed E-state index contributed by atoms with van der Waals surface area (Å²) >= 11 is 8.56. The van der Waals surface area contributed by atoms with E-state index in [4.69, 9.17) is 17.0 Å². The standard InChI is InChI=1S/C25H21BrF3N3O3S/c1-2-12-35-21-11-8-17(26)14-20(21)23(34)32-24(36)31-18-9-6-15(7-10-18)22(33)30-19-5-3-4-16(13-19)25(27,28)29/h3-11,13-14H,2,12H2,1H3,(H,30,33)(H2,31,32,34,36). The third-order valence-electron chi connectivity index (χ3n) is 4.73. The monoisotopic (exact) mass is 579 g/mol. The first kappa shape index (κ1) is 27.2. The number of rotatable bonds is 7. The van der Waals surface area contributed by atoms with E-state index in [2.05, 4.69) is 31.9 Å². The number of nitrogens with one attached hydrogen (secondary N) is 3. The van der Waals surface area contributed by atoms with Gasteiger partial charge in [-0.1, -0.05) is 28.9 Å². The number of thiocarbonyl (C=S) groups is 1. The molecule has 0 heterocycles. The highest BCUT2D eigenvalue weighted by molar-refractivity contribution is 9.10. The number of benzene rings is 3. The van der Waals surface area contributed by atoms with Gasteiger partial charge in [0.15, 0.2) is 5.11 Å². The lowest BCUT2D eigenvalue weighted by Crippen LogP contribution is -2.34. The number of hydrogen-bond donors (Lipinski definition) is 3. The van der Waals surface area contributed by atoms with E-state index in [1.165, 1.54) is 24.3 Å². The van der Waals surface area contributed by atoms with Crippen LogP contribution in [0.5, 0.6) is 5.75 Å². The van der Waals surface area contributed by atoms with Crippen molar-refractivity contribution in [3.8, 4) is 5.75 Å². The average molecular weight is 580 g/mol. The summed E-state index contributed by atoms with van der Waals surface area (Å²) in [6.45, 7) is 2.41. The molecule has 0 aromatic heterocycles.